The Morgan fingerprint density at radius 3 is 0.766 bits per heavy atom. The van der Waals surface area contributed by atoms with E-state index in [0.29, 0.717) is 0 Å². The number of carbonyl (C=O) groups excluding carboxylic acids is 6. The molecule has 0 rings (SSSR count). The van der Waals surface area contributed by atoms with Gasteiger partial charge in [0.2, 0.25) is 35.4 Å². The number of hydrogen-bond donors (Lipinski definition) is 15. The first-order chi connectivity index (χ1) is 29.7. The molecule has 29 nitrogen and oxygen atoms in total. The zero-order chi connectivity index (χ0) is 49.3. The van der Waals surface area contributed by atoms with Crippen molar-refractivity contribution in [3.8, 4) is 0 Å². The van der Waals surface area contributed by atoms with Gasteiger partial charge in [0.25, 0.3) is 0 Å². The van der Waals surface area contributed by atoms with E-state index < -0.39 is 209 Å². The van der Waals surface area contributed by atoms with Gasteiger partial charge in [-0.25, -0.2) is 24.0 Å². The Morgan fingerprint density at radius 2 is 0.516 bits per heavy atom. The minimum Gasteiger partial charge on any atom is -0.481 e. The third-order valence-corrected chi connectivity index (χ3v) is 8.73. The second-order valence-corrected chi connectivity index (χ2v) is 13.9. The van der Waals surface area contributed by atoms with Crippen LogP contribution in [0.2, 0.25) is 0 Å². The molecule has 0 aromatic rings. The summed E-state index contributed by atoms with van der Waals surface area (Å²) in [6.07, 6.45) is -8.45. The lowest BCUT2D eigenvalue weighted by atomic mass is 10.1. The van der Waals surface area contributed by atoms with Gasteiger partial charge in [-0.1, -0.05) is 0 Å². The van der Waals surface area contributed by atoms with Crippen LogP contribution < -0.4 is 37.6 Å². The highest BCUT2D eigenvalue weighted by Crippen LogP contribution is 2.08. The molecule has 0 aliphatic heterocycles. The Hall–Kier alpha value is -7.46. The normalized spacial score (nSPS) is 14.0. The summed E-state index contributed by atoms with van der Waals surface area (Å²) in [7, 11) is 0. The number of nitrogens with one attached hydrogen (secondary N) is 6. The first-order valence-corrected chi connectivity index (χ1v) is 19.1. The molecule has 0 aliphatic rings. The SMILES string of the molecule is N[C@@H](CCC(=O)N[C@@H](CCC(=O)N[C@@H](CCC(=O)N[C@@H](CCC(=O)N[C@@H](CCC(=O)N[C@@H](CCC(=O)O)C(=O)N[C@@H](CCC(=O)O)C(=O)O)C(=O)O)C(=O)O)C(=O)O)C(=O)O)C(=O)O. The molecule has 0 saturated heterocycles. The van der Waals surface area contributed by atoms with Gasteiger partial charge in [-0.3, -0.25) is 43.2 Å². The molecule has 7 atom stereocenters. The molecule has 0 aromatic carbocycles. The summed E-state index contributed by atoms with van der Waals surface area (Å²) < 4.78 is 0. The smallest absolute Gasteiger partial charge is 0.326 e. The third-order valence-electron chi connectivity index (χ3n) is 8.73. The van der Waals surface area contributed by atoms with E-state index in [4.69, 9.17) is 21.1 Å². The van der Waals surface area contributed by atoms with E-state index in [-0.39, 0.29) is 6.42 Å². The summed E-state index contributed by atoms with van der Waals surface area (Å²) in [5.74, 6) is -18.6. The van der Waals surface area contributed by atoms with E-state index in [9.17, 15) is 92.7 Å². The average molecular weight is 922 g/mol. The van der Waals surface area contributed by atoms with Crippen LogP contribution in [0.5, 0.6) is 0 Å². The van der Waals surface area contributed by atoms with Gasteiger partial charge in [0, 0.05) is 44.9 Å². The molecule has 16 N–H and O–H groups in total. The Kier molecular flexibility index (Phi) is 25.6. The molecule has 0 fully saturated rings. The summed E-state index contributed by atoms with van der Waals surface area (Å²) in [5.41, 5.74) is 5.29. The molecule has 0 aromatic heterocycles. The van der Waals surface area contributed by atoms with Crippen LogP contribution in [0.25, 0.3) is 0 Å². The number of amides is 6. The van der Waals surface area contributed by atoms with Crippen molar-refractivity contribution in [2.45, 2.75) is 132 Å². The van der Waals surface area contributed by atoms with Crippen molar-refractivity contribution in [3.63, 3.8) is 0 Å². The summed E-state index contributed by atoms with van der Waals surface area (Å²) in [5, 5.41) is 86.2. The lowest BCUT2D eigenvalue weighted by Crippen LogP contribution is -2.52. The first-order valence-electron chi connectivity index (χ1n) is 19.1. The van der Waals surface area contributed by atoms with Crippen LogP contribution in [-0.2, 0) is 67.1 Å². The molecule has 64 heavy (non-hydrogen) atoms. The van der Waals surface area contributed by atoms with Crippen LogP contribution >= 0.6 is 0 Å². The zero-order valence-electron chi connectivity index (χ0n) is 33.8. The lowest BCUT2D eigenvalue weighted by molar-refractivity contribution is -0.144. The highest BCUT2D eigenvalue weighted by Gasteiger charge is 2.30. The second kappa shape index (κ2) is 29.0. The van der Waals surface area contributed by atoms with Crippen molar-refractivity contribution in [1.29, 1.82) is 0 Å². The molecule has 6 amide bonds. The fourth-order valence-corrected chi connectivity index (χ4v) is 5.21. The molecule has 0 unspecified atom stereocenters. The number of rotatable bonds is 34. The molecule has 0 heterocycles. The first kappa shape index (κ1) is 56.5. The van der Waals surface area contributed by atoms with Crippen molar-refractivity contribution in [2.24, 2.45) is 5.73 Å². The van der Waals surface area contributed by atoms with Crippen LogP contribution in [0.3, 0.4) is 0 Å². The maximum absolute atomic E-state index is 12.7. The minimum absolute atomic E-state index is 0.320. The molecule has 358 valence electrons. The van der Waals surface area contributed by atoms with Gasteiger partial charge in [0.1, 0.15) is 42.3 Å². The van der Waals surface area contributed by atoms with E-state index >= 15 is 0 Å². The number of carbonyl (C=O) groups is 14. The summed E-state index contributed by atoms with van der Waals surface area (Å²) in [6.45, 7) is 0. The van der Waals surface area contributed by atoms with Crippen molar-refractivity contribution in [3.05, 3.63) is 0 Å². The Labute approximate surface area is 360 Å². The molecule has 0 aliphatic carbocycles. The van der Waals surface area contributed by atoms with Crippen LogP contribution in [0.1, 0.15) is 89.9 Å². The summed E-state index contributed by atoms with van der Waals surface area (Å²) in [6, 6.07) is -11.7. The fraction of sp³-hybridized carbons (Fsp3) is 0.600. The van der Waals surface area contributed by atoms with E-state index in [0.717, 1.165) is 0 Å². The highest BCUT2D eigenvalue weighted by atomic mass is 16.4. The van der Waals surface area contributed by atoms with Crippen molar-refractivity contribution >= 4 is 83.2 Å². The number of carboxylic acids is 8. The average Bonchev–Trinajstić information content (AvgIpc) is 3.19. The molecular weight excluding hydrogens is 870 g/mol. The van der Waals surface area contributed by atoms with E-state index in [1.807, 2.05) is 16.0 Å². The summed E-state index contributed by atoms with van der Waals surface area (Å²) >= 11 is 0. The Bertz CT molecular complexity index is 1770. The Morgan fingerprint density at radius 1 is 0.297 bits per heavy atom. The van der Waals surface area contributed by atoms with Gasteiger partial charge in [-0.05, 0) is 44.9 Å². The second-order valence-electron chi connectivity index (χ2n) is 13.9. The maximum atomic E-state index is 12.7. The van der Waals surface area contributed by atoms with Crippen LogP contribution in [0.4, 0.5) is 0 Å². The van der Waals surface area contributed by atoms with E-state index in [1.165, 1.54) is 0 Å². The predicted octanol–water partition coefficient (Wildman–Crippen LogP) is -4.64. The topological polar surface area (TPSA) is 499 Å². The monoisotopic (exact) mass is 921 g/mol. The number of hydrogen-bond acceptors (Lipinski definition) is 15. The minimum atomic E-state index is -1.79. The van der Waals surface area contributed by atoms with Gasteiger partial charge in [0.15, 0.2) is 0 Å². The molecule has 0 spiro atoms. The number of nitrogens with two attached hydrogens (primary N) is 1. The fourth-order valence-electron chi connectivity index (χ4n) is 5.21. The van der Waals surface area contributed by atoms with Gasteiger partial charge >= 0.3 is 47.8 Å². The standard InChI is InChI=1S/C35H51N7O22/c36-15(30(53)54)1-8-22(43)38-17(31(55)56)3-10-24(45)40-19(33(59)60)5-12-26(47)41-20(34(61)62)4-11-25(46)39-18(32(57)58)2-9-23(44)37-16(6-13-27(48)49)29(52)42-21(35(63)64)7-14-28(50)51/h15-21H,1-14,36H2,(H,37,44)(H,38,43)(H,39,46)(H,40,45)(H,41,47)(H,42,52)(H,48,49)(H,50,51)(H,53,54)(H,55,56)(H,57,58)(H,59,60)(H,61,62)(H,63,64)/t15-,16-,17-,18-,19-,20-,21-/m0/s1. The zero-order valence-corrected chi connectivity index (χ0v) is 33.8. The van der Waals surface area contributed by atoms with Gasteiger partial charge < -0.3 is 78.5 Å². The van der Waals surface area contributed by atoms with Crippen molar-refractivity contribution < 1.29 is 108 Å². The maximum Gasteiger partial charge on any atom is 0.326 e. The molecule has 29 heteroatoms. The third kappa shape index (κ3) is 24.7. The quantitative estimate of drug-likeness (QED) is 0.0289. The predicted molar refractivity (Wildman–Crippen MR) is 205 cm³/mol. The van der Waals surface area contributed by atoms with Crippen LogP contribution in [-0.4, -0.2) is 166 Å². The van der Waals surface area contributed by atoms with Gasteiger partial charge in [-0.2, -0.15) is 0 Å². The number of aliphatic carboxylic acids is 8. The largest absolute Gasteiger partial charge is 0.481 e. The lowest BCUT2D eigenvalue weighted by Gasteiger charge is -2.21. The van der Waals surface area contributed by atoms with Gasteiger partial charge in [0.05, 0.1) is 0 Å². The van der Waals surface area contributed by atoms with E-state index in [1.54, 1.807) is 0 Å². The van der Waals surface area contributed by atoms with E-state index in [2.05, 4.69) is 16.0 Å². The number of carboxylic acid groups (broad SMARTS) is 8. The Balaban J connectivity index is 5.26. The van der Waals surface area contributed by atoms with Crippen molar-refractivity contribution in [2.75, 3.05) is 0 Å². The highest BCUT2D eigenvalue weighted by molar-refractivity contribution is 5.92. The van der Waals surface area contributed by atoms with Crippen LogP contribution in [0, 0.1) is 0 Å². The molecule has 0 radical (unpaired) electrons. The van der Waals surface area contributed by atoms with Crippen LogP contribution in [0.15, 0.2) is 0 Å². The molecule has 0 saturated carbocycles. The van der Waals surface area contributed by atoms with Gasteiger partial charge in [-0.15, -0.1) is 0 Å². The molecular formula is C35H51N7O22. The molecule has 0 bridgehead atoms. The van der Waals surface area contributed by atoms with Crippen molar-refractivity contribution in [1.82, 2.24) is 31.9 Å². The summed E-state index contributed by atoms with van der Waals surface area (Å²) in [4.78, 5) is 166.